The van der Waals surface area contributed by atoms with Gasteiger partial charge in [0.1, 0.15) is 0 Å². The highest BCUT2D eigenvalue weighted by Crippen LogP contribution is 2.07. The first kappa shape index (κ1) is 9.74. The van der Waals surface area contributed by atoms with Crippen LogP contribution in [0, 0.1) is 0 Å². The number of nitrogens with one attached hydrogen (secondary N) is 1. The molecule has 1 aromatic rings. The van der Waals surface area contributed by atoms with Crippen LogP contribution in [-0.2, 0) is 6.54 Å². The zero-order valence-corrected chi connectivity index (χ0v) is 7.79. The summed E-state index contributed by atoms with van der Waals surface area (Å²) in [5.41, 5.74) is 1.16. The van der Waals surface area contributed by atoms with E-state index in [1.54, 1.807) is 13.3 Å². The van der Waals surface area contributed by atoms with Gasteiger partial charge >= 0.3 is 0 Å². The number of hydrogen-bond acceptors (Lipinski definition) is 3. The first-order valence-electron chi connectivity index (χ1n) is 4.17. The molecule has 0 bridgehead atoms. The molecule has 1 aromatic heterocycles. The minimum Gasteiger partial charge on any atom is -0.481 e. The molecule has 0 saturated heterocycles. The largest absolute Gasteiger partial charge is 0.481 e. The van der Waals surface area contributed by atoms with Crippen molar-refractivity contribution in [1.29, 1.82) is 0 Å². The molecule has 0 aliphatic carbocycles. The van der Waals surface area contributed by atoms with Crippen molar-refractivity contribution in [3.8, 4) is 5.88 Å². The fraction of sp³-hybridized carbons (Fsp3) is 0.300. The maximum atomic E-state index is 5.00. The number of nitrogens with zero attached hydrogens (tertiary/aromatic N) is 1. The highest BCUT2D eigenvalue weighted by Gasteiger charge is 1.94. The molecule has 0 unspecified atom stereocenters. The van der Waals surface area contributed by atoms with E-state index >= 15 is 0 Å². The number of methoxy groups -OCH3 is 1. The zero-order chi connectivity index (χ0) is 9.52. The summed E-state index contributed by atoms with van der Waals surface area (Å²) in [7, 11) is 1.61. The van der Waals surface area contributed by atoms with Gasteiger partial charge in [-0.05, 0) is 11.6 Å². The summed E-state index contributed by atoms with van der Waals surface area (Å²) < 4.78 is 5.00. The van der Waals surface area contributed by atoms with Crippen LogP contribution in [0.2, 0.25) is 0 Å². The molecule has 0 aliphatic rings. The zero-order valence-electron chi connectivity index (χ0n) is 7.79. The second-order valence-corrected chi connectivity index (χ2v) is 2.63. The van der Waals surface area contributed by atoms with Gasteiger partial charge in [-0.15, -0.1) is 6.58 Å². The van der Waals surface area contributed by atoms with Gasteiger partial charge in [-0.25, -0.2) is 4.98 Å². The summed E-state index contributed by atoms with van der Waals surface area (Å²) in [5, 5.41) is 3.20. The molecule has 0 amide bonds. The van der Waals surface area contributed by atoms with E-state index in [1.807, 2.05) is 18.2 Å². The van der Waals surface area contributed by atoms with E-state index in [-0.39, 0.29) is 0 Å². The van der Waals surface area contributed by atoms with Crippen molar-refractivity contribution in [2.24, 2.45) is 0 Å². The molecule has 0 fully saturated rings. The lowest BCUT2D eigenvalue weighted by Crippen LogP contribution is -2.12. The summed E-state index contributed by atoms with van der Waals surface area (Å²) in [6.45, 7) is 5.25. The van der Waals surface area contributed by atoms with Gasteiger partial charge in [-0.2, -0.15) is 0 Å². The quantitative estimate of drug-likeness (QED) is 0.546. The molecule has 0 spiro atoms. The van der Waals surface area contributed by atoms with E-state index in [4.69, 9.17) is 4.74 Å². The maximum absolute atomic E-state index is 5.00. The van der Waals surface area contributed by atoms with Crippen molar-refractivity contribution in [2.45, 2.75) is 6.54 Å². The molecular weight excluding hydrogens is 164 g/mol. The molecule has 1 N–H and O–H groups in total. The van der Waals surface area contributed by atoms with E-state index in [1.165, 1.54) is 0 Å². The van der Waals surface area contributed by atoms with E-state index in [2.05, 4.69) is 16.9 Å². The molecule has 0 radical (unpaired) electrons. The normalized spacial score (nSPS) is 9.62. The Labute approximate surface area is 78.4 Å². The average molecular weight is 178 g/mol. The summed E-state index contributed by atoms with van der Waals surface area (Å²) >= 11 is 0. The summed E-state index contributed by atoms with van der Waals surface area (Å²) in [6, 6.07) is 3.87. The first-order chi connectivity index (χ1) is 6.36. The number of rotatable bonds is 5. The molecule has 3 heteroatoms. The smallest absolute Gasteiger partial charge is 0.213 e. The van der Waals surface area contributed by atoms with Crippen LogP contribution in [0.5, 0.6) is 5.88 Å². The van der Waals surface area contributed by atoms with Crippen LogP contribution in [0.4, 0.5) is 0 Å². The second-order valence-electron chi connectivity index (χ2n) is 2.63. The summed E-state index contributed by atoms with van der Waals surface area (Å²) in [6.07, 6.45) is 3.57. The van der Waals surface area contributed by atoms with Gasteiger partial charge in [0.05, 0.1) is 7.11 Å². The molecule has 1 heterocycles. The fourth-order valence-electron chi connectivity index (χ4n) is 0.991. The molecule has 0 aromatic carbocycles. The van der Waals surface area contributed by atoms with Crippen molar-refractivity contribution in [1.82, 2.24) is 10.3 Å². The van der Waals surface area contributed by atoms with Crippen LogP contribution in [0.15, 0.2) is 31.0 Å². The summed E-state index contributed by atoms with van der Waals surface area (Å²) in [5.74, 6) is 0.651. The highest BCUT2D eigenvalue weighted by atomic mass is 16.5. The third-order valence-corrected chi connectivity index (χ3v) is 1.63. The third kappa shape index (κ3) is 3.25. The monoisotopic (exact) mass is 178 g/mol. The summed E-state index contributed by atoms with van der Waals surface area (Å²) in [4.78, 5) is 4.02. The molecule has 3 nitrogen and oxygen atoms in total. The predicted octanol–water partition coefficient (Wildman–Crippen LogP) is 1.37. The number of hydrogen-bond donors (Lipinski definition) is 1. The molecule has 0 aliphatic heterocycles. The molecule has 0 saturated carbocycles. The van der Waals surface area contributed by atoms with Crippen LogP contribution >= 0.6 is 0 Å². The molecule has 0 atom stereocenters. The van der Waals surface area contributed by atoms with Gasteiger partial charge in [0, 0.05) is 25.4 Å². The standard InChI is InChI=1S/C10H14N2O/c1-3-5-11-8-9-4-6-12-10(7-9)13-2/h3-4,6-7,11H,1,5,8H2,2H3. The Morgan fingerprint density at radius 1 is 1.69 bits per heavy atom. The number of aromatic nitrogens is 1. The Morgan fingerprint density at radius 2 is 2.54 bits per heavy atom. The predicted molar refractivity (Wildman–Crippen MR) is 52.7 cm³/mol. The van der Waals surface area contributed by atoms with E-state index < -0.39 is 0 Å². The Kier molecular flexibility index (Phi) is 3.99. The Hall–Kier alpha value is -1.35. The average Bonchev–Trinajstić information content (AvgIpc) is 2.19. The van der Waals surface area contributed by atoms with Gasteiger partial charge in [-0.3, -0.25) is 0 Å². The van der Waals surface area contributed by atoms with E-state index in [0.717, 1.165) is 18.7 Å². The van der Waals surface area contributed by atoms with Crippen LogP contribution in [0.3, 0.4) is 0 Å². The molecule has 1 rings (SSSR count). The third-order valence-electron chi connectivity index (χ3n) is 1.63. The van der Waals surface area contributed by atoms with Gasteiger partial charge in [0.15, 0.2) is 0 Å². The van der Waals surface area contributed by atoms with Crippen LogP contribution in [0.25, 0.3) is 0 Å². The van der Waals surface area contributed by atoms with Crippen molar-refractivity contribution in [3.63, 3.8) is 0 Å². The van der Waals surface area contributed by atoms with Crippen LogP contribution < -0.4 is 10.1 Å². The lowest BCUT2D eigenvalue weighted by molar-refractivity contribution is 0.397. The Morgan fingerprint density at radius 3 is 3.23 bits per heavy atom. The van der Waals surface area contributed by atoms with E-state index in [0.29, 0.717) is 5.88 Å². The van der Waals surface area contributed by atoms with Crippen molar-refractivity contribution >= 4 is 0 Å². The Bertz CT molecular complexity index is 273. The first-order valence-corrected chi connectivity index (χ1v) is 4.17. The number of ether oxygens (including phenoxy) is 1. The minimum atomic E-state index is 0.651. The van der Waals surface area contributed by atoms with Crippen LogP contribution in [0.1, 0.15) is 5.56 Å². The molecule has 13 heavy (non-hydrogen) atoms. The van der Waals surface area contributed by atoms with Gasteiger partial charge in [-0.1, -0.05) is 6.08 Å². The lowest BCUT2D eigenvalue weighted by Gasteiger charge is -2.03. The van der Waals surface area contributed by atoms with Gasteiger partial charge < -0.3 is 10.1 Å². The van der Waals surface area contributed by atoms with Crippen molar-refractivity contribution in [3.05, 3.63) is 36.5 Å². The molecular formula is C10H14N2O. The SMILES string of the molecule is C=CCNCc1ccnc(OC)c1. The molecule has 70 valence electrons. The van der Waals surface area contributed by atoms with Gasteiger partial charge in [0.2, 0.25) is 5.88 Å². The minimum absolute atomic E-state index is 0.651. The van der Waals surface area contributed by atoms with Gasteiger partial charge in [0.25, 0.3) is 0 Å². The van der Waals surface area contributed by atoms with Crippen molar-refractivity contribution < 1.29 is 4.74 Å². The van der Waals surface area contributed by atoms with E-state index in [9.17, 15) is 0 Å². The lowest BCUT2D eigenvalue weighted by atomic mass is 10.2. The maximum Gasteiger partial charge on any atom is 0.213 e. The van der Waals surface area contributed by atoms with Crippen molar-refractivity contribution in [2.75, 3.05) is 13.7 Å². The number of pyridine rings is 1. The second kappa shape index (κ2) is 5.32. The van der Waals surface area contributed by atoms with Crippen LogP contribution in [-0.4, -0.2) is 18.6 Å². The fourth-order valence-corrected chi connectivity index (χ4v) is 0.991. The highest BCUT2D eigenvalue weighted by molar-refractivity contribution is 5.20. The Balaban J connectivity index is 2.50. The topological polar surface area (TPSA) is 34.2 Å².